The summed E-state index contributed by atoms with van der Waals surface area (Å²) in [5, 5.41) is 2.76. The summed E-state index contributed by atoms with van der Waals surface area (Å²) < 4.78 is 0. The highest BCUT2D eigenvalue weighted by atomic mass is 32.2. The molecule has 0 spiro atoms. The van der Waals surface area contributed by atoms with Crippen molar-refractivity contribution in [3.63, 3.8) is 0 Å². The number of amides is 3. The topological polar surface area (TPSA) is 49.4 Å². The summed E-state index contributed by atoms with van der Waals surface area (Å²) in [6, 6.07) is 9.69. The zero-order valence-electron chi connectivity index (χ0n) is 11.2. The van der Waals surface area contributed by atoms with Gasteiger partial charge in [-0.05, 0) is 25.5 Å². The lowest BCUT2D eigenvalue weighted by atomic mass is 10.00. The molecule has 0 aromatic heterocycles. The van der Waals surface area contributed by atoms with Crippen molar-refractivity contribution in [1.82, 2.24) is 10.2 Å². The van der Waals surface area contributed by atoms with E-state index in [2.05, 4.69) is 5.32 Å². The molecule has 0 aliphatic carbocycles. The number of nitrogens with zero attached hydrogens (tertiary/aromatic N) is 1. The maximum atomic E-state index is 12.1. The van der Waals surface area contributed by atoms with Crippen LogP contribution in [0.3, 0.4) is 0 Å². The van der Waals surface area contributed by atoms with Gasteiger partial charge in [0, 0.05) is 17.2 Å². The molecule has 1 aliphatic rings. The molecule has 5 heteroatoms. The fourth-order valence-corrected chi connectivity index (χ4v) is 2.82. The third-order valence-corrected chi connectivity index (χ3v) is 4.37. The van der Waals surface area contributed by atoms with Crippen LogP contribution in [0, 0.1) is 0 Å². The van der Waals surface area contributed by atoms with E-state index < -0.39 is 5.54 Å². The average Bonchev–Trinajstić information content (AvgIpc) is 2.64. The van der Waals surface area contributed by atoms with Gasteiger partial charge in [0.2, 0.25) is 0 Å². The minimum atomic E-state index is -0.728. The monoisotopic (exact) mass is 278 g/mol. The Labute approximate surface area is 117 Å². The van der Waals surface area contributed by atoms with Crippen LogP contribution < -0.4 is 5.32 Å². The Balaban J connectivity index is 1.90. The van der Waals surface area contributed by atoms with Crippen molar-refractivity contribution < 1.29 is 9.59 Å². The van der Waals surface area contributed by atoms with Crippen LogP contribution in [0.4, 0.5) is 4.79 Å². The summed E-state index contributed by atoms with van der Waals surface area (Å²) in [4.78, 5) is 26.4. The Hall–Kier alpha value is -1.49. The van der Waals surface area contributed by atoms with Gasteiger partial charge >= 0.3 is 6.03 Å². The minimum Gasteiger partial charge on any atom is -0.323 e. The maximum Gasteiger partial charge on any atom is 0.325 e. The van der Waals surface area contributed by atoms with Crippen molar-refractivity contribution >= 4 is 23.7 Å². The molecule has 1 fully saturated rings. The van der Waals surface area contributed by atoms with E-state index in [4.69, 9.17) is 0 Å². The van der Waals surface area contributed by atoms with Gasteiger partial charge in [0.15, 0.2) is 0 Å². The largest absolute Gasteiger partial charge is 0.325 e. The second kappa shape index (κ2) is 5.65. The van der Waals surface area contributed by atoms with Gasteiger partial charge in [-0.15, -0.1) is 11.8 Å². The van der Waals surface area contributed by atoms with Crippen molar-refractivity contribution in [1.29, 1.82) is 0 Å². The predicted octanol–water partition coefficient (Wildman–Crippen LogP) is 2.50. The summed E-state index contributed by atoms with van der Waals surface area (Å²) in [6.45, 7) is 4.12. The normalized spacial score (nSPS) is 22.7. The van der Waals surface area contributed by atoms with Crippen molar-refractivity contribution in [2.45, 2.75) is 30.7 Å². The molecule has 102 valence electrons. The number of benzene rings is 1. The van der Waals surface area contributed by atoms with E-state index in [0.29, 0.717) is 18.7 Å². The van der Waals surface area contributed by atoms with Gasteiger partial charge < -0.3 is 5.32 Å². The van der Waals surface area contributed by atoms with Gasteiger partial charge in [0.25, 0.3) is 5.91 Å². The van der Waals surface area contributed by atoms with Crippen molar-refractivity contribution in [2.75, 3.05) is 12.3 Å². The van der Waals surface area contributed by atoms with Crippen molar-refractivity contribution in [2.24, 2.45) is 0 Å². The molecule has 1 aromatic carbocycles. The molecule has 4 nitrogen and oxygen atoms in total. The third-order valence-electron chi connectivity index (χ3n) is 3.38. The summed E-state index contributed by atoms with van der Waals surface area (Å²) >= 11 is 1.65. The molecule has 1 aromatic rings. The zero-order valence-corrected chi connectivity index (χ0v) is 12.0. The third kappa shape index (κ3) is 2.92. The number of imide groups is 1. The molecule has 3 amide bonds. The average molecular weight is 278 g/mol. The lowest BCUT2D eigenvalue weighted by Gasteiger charge is -2.19. The fraction of sp³-hybridized carbons (Fsp3) is 0.429. The molecule has 1 unspecified atom stereocenters. The molecule has 2 rings (SSSR count). The van der Waals surface area contributed by atoms with Gasteiger partial charge in [-0.1, -0.05) is 25.1 Å². The fourth-order valence-electron chi connectivity index (χ4n) is 1.96. The molecule has 0 bridgehead atoms. The van der Waals surface area contributed by atoms with Crippen LogP contribution in [0.2, 0.25) is 0 Å². The van der Waals surface area contributed by atoms with E-state index in [1.807, 2.05) is 37.3 Å². The number of hydrogen-bond acceptors (Lipinski definition) is 3. The Morgan fingerprint density at radius 2 is 1.95 bits per heavy atom. The Bertz CT molecular complexity index is 478. The highest BCUT2D eigenvalue weighted by Gasteiger charge is 2.45. The van der Waals surface area contributed by atoms with E-state index in [0.717, 1.165) is 4.90 Å². The van der Waals surface area contributed by atoms with E-state index >= 15 is 0 Å². The van der Waals surface area contributed by atoms with Crippen molar-refractivity contribution in [3.05, 3.63) is 30.3 Å². The van der Waals surface area contributed by atoms with Gasteiger partial charge in [0.1, 0.15) is 5.54 Å². The summed E-state index contributed by atoms with van der Waals surface area (Å²) in [5.41, 5.74) is -0.728. The summed E-state index contributed by atoms with van der Waals surface area (Å²) in [6.07, 6.45) is 0.611. The number of nitrogens with one attached hydrogen (secondary N) is 1. The lowest BCUT2D eigenvalue weighted by Crippen LogP contribution is -2.43. The first-order chi connectivity index (χ1) is 9.07. The van der Waals surface area contributed by atoms with E-state index in [9.17, 15) is 9.59 Å². The van der Waals surface area contributed by atoms with Crippen LogP contribution in [-0.2, 0) is 4.79 Å². The van der Waals surface area contributed by atoms with Gasteiger partial charge in [-0.2, -0.15) is 0 Å². The molecule has 0 radical (unpaired) electrons. The maximum absolute atomic E-state index is 12.1. The molecule has 1 heterocycles. The highest BCUT2D eigenvalue weighted by Crippen LogP contribution is 2.22. The molecular formula is C14H18N2O2S. The lowest BCUT2D eigenvalue weighted by molar-refractivity contribution is -0.130. The van der Waals surface area contributed by atoms with Crippen LogP contribution in [0.25, 0.3) is 0 Å². The summed E-state index contributed by atoms with van der Waals surface area (Å²) in [7, 11) is 0. The second-order valence-corrected chi connectivity index (χ2v) is 5.90. The first kappa shape index (κ1) is 13.9. The van der Waals surface area contributed by atoms with E-state index in [1.54, 1.807) is 18.7 Å². The van der Waals surface area contributed by atoms with Crippen LogP contribution in [0.15, 0.2) is 35.2 Å². The van der Waals surface area contributed by atoms with Gasteiger partial charge in [-0.25, -0.2) is 4.79 Å². The number of rotatable bonds is 5. The number of carbonyl (C=O) groups is 2. The highest BCUT2D eigenvalue weighted by molar-refractivity contribution is 7.99. The quantitative estimate of drug-likeness (QED) is 0.665. The second-order valence-electron chi connectivity index (χ2n) is 4.73. The molecule has 1 aliphatic heterocycles. The molecule has 1 atom stereocenters. The van der Waals surface area contributed by atoms with Crippen LogP contribution >= 0.6 is 11.8 Å². The van der Waals surface area contributed by atoms with Crippen molar-refractivity contribution in [3.8, 4) is 0 Å². The number of urea groups is 1. The van der Waals surface area contributed by atoms with Crippen LogP contribution in [0.1, 0.15) is 20.3 Å². The van der Waals surface area contributed by atoms with Gasteiger partial charge in [-0.3, -0.25) is 9.69 Å². The standard InChI is InChI=1S/C14H18N2O2S/c1-3-14(2)12(17)16(13(18)15-14)9-10-19-11-7-5-4-6-8-11/h4-8H,3,9-10H2,1-2H3,(H,15,18). The molecular weight excluding hydrogens is 260 g/mol. The smallest absolute Gasteiger partial charge is 0.323 e. The number of hydrogen-bond donors (Lipinski definition) is 1. The Morgan fingerprint density at radius 3 is 2.53 bits per heavy atom. The SMILES string of the molecule is CCC1(C)NC(=O)N(CCSc2ccccc2)C1=O. The first-order valence-electron chi connectivity index (χ1n) is 6.39. The van der Waals surface area contributed by atoms with Crippen LogP contribution in [-0.4, -0.2) is 34.7 Å². The molecule has 0 saturated carbocycles. The molecule has 1 saturated heterocycles. The number of thioether (sulfide) groups is 1. The summed E-state index contributed by atoms with van der Waals surface area (Å²) in [5.74, 6) is 0.594. The molecule has 1 N–H and O–H groups in total. The minimum absolute atomic E-state index is 0.117. The Morgan fingerprint density at radius 1 is 1.26 bits per heavy atom. The van der Waals surface area contributed by atoms with E-state index in [-0.39, 0.29) is 11.9 Å². The molecule has 19 heavy (non-hydrogen) atoms. The first-order valence-corrected chi connectivity index (χ1v) is 7.37. The van der Waals surface area contributed by atoms with E-state index in [1.165, 1.54) is 4.90 Å². The zero-order chi connectivity index (χ0) is 13.9. The number of carbonyl (C=O) groups excluding carboxylic acids is 2. The predicted molar refractivity (Wildman–Crippen MR) is 76.1 cm³/mol. The van der Waals surface area contributed by atoms with Gasteiger partial charge in [0.05, 0.1) is 0 Å². The Kier molecular flexibility index (Phi) is 4.14. The van der Waals surface area contributed by atoms with Crippen LogP contribution in [0.5, 0.6) is 0 Å².